The number of nitrogens with zero attached hydrogens (tertiary/aromatic N) is 1. The maximum atomic E-state index is 13.1. The van der Waals surface area contributed by atoms with E-state index in [1.165, 1.54) is 17.9 Å². The van der Waals surface area contributed by atoms with Crippen LogP contribution in [-0.4, -0.2) is 29.9 Å². The van der Waals surface area contributed by atoms with Crippen molar-refractivity contribution in [2.24, 2.45) is 0 Å². The first-order chi connectivity index (χ1) is 14.3. The summed E-state index contributed by atoms with van der Waals surface area (Å²) in [6, 6.07) is 16.7. The SMILES string of the molecule is CC(=O)CC1(O)C(=O)N(CCOc2cccc3ccccc23)c2c(Cl)ccc(Cl)c21. The molecule has 0 radical (unpaired) electrons. The molecule has 3 aromatic rings. The van der Waals surface area contributed by atoms with E-state index in [0.29, 0.717) is 11.4 Å². The number of rotatable bonds is 6. The van der Waals surface area contributed by atoms with Crippen LogP contribution in [-0.2, 0) is 15.2 Å². The number of fused-ring (bicyclic) bond motifs is 2. The molecule has 0 aromatic heterocycles. The molecule has 1 amide bonds. The van der Waals surface area contributed by atoms with Crippen molar-refractivity contribution >= 4 is 51.4 Å². The van der Waals surface area contributed by atoms with Crippen LogP contribution in [0.1, 0.15) is 18.9 Å². The lowest BCUT2D eigenvalue weighted by molar-refractivity contribution is -0.141. The molecule has 5 nitrogen and oxygen atoms in total. The van der Waals surface area contributed by atoms with E-state index in [1.54, 1.807) is 6.07 Å². The molecule has 1 aliphatic heterocycles. The van der Waals surface area contributed by atoms with Crippen molar-refractivity contribution in [1.82, 2.24) is 0 Å². The first kappa shape index (κ1) is 20.7. The number of anilines is 1. The smallest absolute Gasteiger partial charge is 0.264 e. The Labute approximate surface area is 183 Å². The lowest BCUT2D eigenvalue weighted by Gasteiger charge is -2.22. The van der Waals surface area contributed by atoms with Gasteiger partial charge in [-0.15, -0.1) is 0 Å². The van der Waals surface area contributed by atoms with Crippen LogP contribution in [0.2, 0.25) is 10.0 Å². The number of benzene rings is 3. The highest BCUT2D eigenvalue weighted by molar-refractivity contribution is 6.38. The highest BCUT2D eigenvalue weighted by Crippen LogP contribution is 2.49. The van der Waals surface area contributed by atoms with Crippen molar-refractivity contribution in [3.8, 4) is 5.75 Å². The van der Waals surface area contributed by atoms with Gasteiger partial charge in [0.1, 0.15) is 18.1 Å². The van der Waals surface area contributed by atoms with Crippen LogP contribution in [0.4, 0.5) is 5.69 Å². The molecule has 0 fully saturated rings. The summed E-state index contributed by atoms with van der Waals surface area (Å²) < 4.78 is 5.95. The van der Waals surface area contributed by atoms with Crippen LogP contribution < -0.4 is 9.64 Å². The number of ketones is 1. The molecule has 1 aliphatic rings. The van der Waals surface area contributed by atoms with Gasteiger partial charge in [0.05, 0.1) is 17.3 Å². The minimum absolute atomic E-state index is 0.134. The van der Waals surface area contributed by atoms with E-state index >= 15 is 0 Å². The number of carbonyl (C=O) groups is 2. The first-order valence-electron chi connectivity index (χ1n) is 9.46. The quantitative estimate of drug-likeness (QED) is 0.597. The zero-order valence-electron chi connectivity index (χ0n) is 16.2. The Morgan fingerprint density at radius 3 is 2.53 bits per heavy atom. The molecule has 1 unspecified atom stereocenters. The van der Waals surface area contributed by atoms with E-state index in [0.717, 1.165) is 10.8 Å². The summed E-state index contributed by atoms with van der Waals surface area (Å²) in [6.45, 7) is 1.61. The predicted molar refractivity (Wildman–Crippen MR) is 117 cm³/mol. The maximum Gasteiger partial charge on any atom is 0.264 e. The minimum Gasteiger partial charge on any atom is -0.491 e. The van der Waals surface area contributed by atoms with Crippen molar-refractivity contribution < 1.29 is 19.4 Å². The molecule has 1 atom stereocenters. The molecule has 1 heterocycles. The maximum absolute atomic E-state index is 13.1. The molecule has 0 saturated heterocycles. The lowest BCUT2D eigenvalue weighted by atomic mass is 9.90. The molecule has 0 saturated carbocycles. The van der Waals surface area contributed by atoms with Gasteiger partial charge in [-0.3, -0.25) is 9.59 Å². The highest BCUT2D eigenvalue weighted by atomic mass is 35.5. The summed E-state index contributed by atoms with van der Waals surface area (Å²) in [7, 11) is 0. The fourth-order valence-corrected chi connectivity index (χ4v) is 4.50. The van der Waals surface area contributed by atoms with Gasteiger partial charge < -0.3 is 14.7 Å². The van der Waals surface area contributed by atoms with Gasteiger partial charge >= 0.3 is 0 Å². The average Bonchev–Trinajstić information content (AvgIpc) is 2.93. The monoisotopic (exact) mass is 443 g/mol. The molecule has 3 aromatic carbocycles. The molecular formula is C23H19Cl2NO4. The van der Waals surface area contributed by atoms with Crippen LogP contribution in [0.5, 0.6) is 5.75 Å². The fraction of sp³-hybridized carbons (Fsp3) is 0.217. The third-order valence-electron chi connectivity index (χ3n) is 5.19. The van der Waals surface area contributed by atoms with Gasteiger partial charge in [-0.25, -0.2) is 0 Å². The number of ether oxygens (including phenoxy) is 1. The van der Waals surface area contributed by atoms with Gasteiger partial charge in [0, 0.05) is 22.4 Å². The summed E-state index contributed by atoms with van der Waals surface area (Å²) in [5, 5.41) is 13.6. The van der Waals surface area contributed by atoms with Gasteiger partial charge in [0.15, 0.2) is 5.60 Å². The molecular weight excluding hydrogens is 425 g/mol. The van der Waals surface area contributed by atoms with E-state index in [-0.39, 0.29) is 41.0 Å². The van der Waals surface area contributed by atoms with Gasteiger partial charge in [0.25, 0.3) is 5.91 Å². The number of amides is 1. The molecule has 154 valence electrons. The standard InChI is InChI=1S/C23H19Cl2NO4/c1-14(27)13-23(29)20-17(24)9-10-18(25)21(20)26(22(23)28)11-12-30-19-8-4-6-15-5-2-3-7-16(15)19/h2-10,29H,11-13H2,1H3. The van der Waals surface area contributed by atoms with Gasteiger partial charge in [-0.05, 0) is 30.5 Å². The lowest BCUT2D eigenvalue weighted by Crippen LogP contribution is -2.43. The summed E-state index contributed by atoms with van der Waals surface area (Å²) in [6.07, 6.45) is -0.375. The molecule has 4 rings (SSSR count). The Kier molecular flexibility index (Phi) is 5.45. The summed E-state index contributed by atoms with van der Waals surface area (Å²) in [5.41, 5.74) is -1.55. The summed E-state index contributed by atoms with van der Waals surface area (Å²) in [5.74, 6) is -0.276. The van der Waals surface area contributed by atoms with Crippen LogP contribution >= 0.6 is 23.2 Å². The van der Waals surface area contributed by atoms with Crippen molar-refractivity contribution in [3.63, 3.8) is 0 Å². The van der Waals surface area contributed by atoms with Crippen LogP contribution in [0.15, 0.2) is 54.6 Å². The molecule has 0 bridgehead atoms. The molecule has 30 heavy (non-hydrogen) atoms. The van der Waals surface area contributed by atoms with Crippen LogP contribution in [0.3, 0.4) is 0 Å². The highest BCUT2D eigenvalue weighted by Gasteiger charge is 2.52. The summed E-state index contributed by atoms with van der Waals surface area (Å²) >= 11 is 12.6. The number of carbonyl (C=O) groups excluding carboxylic acids is 2. The third kappa shape index (κ3) is 3.43. The van der Waals surface area contributed by atoms with E-state index in [1.807, 2.05) is 42.5 Å². The molecule has 0 aliphatic carbocycles. The Bertz CT molecular complexity index is 1160. The van der Waals surface area contributed by atoms with Crippen molar-refractivity contribution in [1.29, 1.82) is 0 Å². The number of hydrogen-bond acceptors (Lipinski definition) is 4. The second kappa shape index (κ2) is 7.91. The summed E-state index contributed by atoms with van der Waals surface area (Å²) in [4.78, 5) is 26.2. The number of hydrogen-bond donors (Lipinski definition) is 1. The zero-order valence-corrected chi connectivity index (χ0v) is 17.7. The topological polar surface area (TPSA) is 66.8 Å². The van der Waals surface area contributed by atoms with Crippen molar-refractivity contribution in [2.75, 3.05) is 18.1 Å². The van der Waals surface area contributed by atoms with E-state index in [4.69, 9.17) is 27.9 Å². The number of halogens is 2. The molecule has 7 heteroatoms. The second-order valence-corrected chi connectivity index (χ2v) is 8.09. The van der Waals surface area contributed by atoms with E-state index < -0.39 is 11.5 Å². The second-order valence-electron chi connectivity index (χ2n) is 7.27. The van der Waals surface area contributed by atoms with Crippen LogP contribution in [0.25, 0.3) is 10.8 Å². The predicted octanol–water partition coefficient (Wildman–Crippen LogP) is 4.74. The van der Waals surface area contributed by atoms with Crippen LogP contribution in [0, 0.1) is 0 Å². The first-order valence-corrected chi connectivity index (χ1v) is 10.2. The largest absolute Gasteiger partial charge is 0.491 e. The minimum atomic E-state index is -2.04. The number of aliphatic hydroxyl groups is 1. The Morgan fingerprint density at radius 2 is 1.77 bits per heavy atom. The van der Waals surface area contributed by atoms with Gasteiger partial charge in [-0.1, -0.05) is 59.6 Å². The Balaban J connectivity index is 1.63. The normalized spacial score (nSPS) is 18.0. The Morgan fingerprint density at radius 1 is 1.07 bits per heavy atom. The zero-order chi connectivity index (χ0) is 21.5. The van der Waals surface area contributed by atoms with Gasteiger partial charge in [0.2, 0.25) is 0 Å². The number of Topliss-reactive ketones (excluding diaryl/α,β-unsaturated/α-hetero) is 1. The fourth-order valence-electron chi connectivity index (χ4n) is 3.94. The third-order valence-corrected chi connectivity index (χ3v) is 5.81. The average molecular weight is 444 g/mol. The van der Waals surface area contributed by atoms with E-state index in [9.17, 15) is 14.7 Å². The van der Waals surface area contributed by atoms with Crippen molar-refractivity contribution in [3.05, 3.63) is 70.2 Å². The molecule has 0 spiro atoms. The van der Waals surface area contributed by atoms with E-state index in [2.05, 4.69) is 0 Å². The van der Waals surface area contributed by atoms with Gasteiger partial charge in [-0.2, -0.15) is 0 Å². The molecule has 1 N–H and O–H groups in total. The Hall–Kier alpha value is -2.60. The van der Waals surface area contributed by atoms with Crippen molar-refractivity contribution in [2.45, 2.75) is 18.9 Å².